The number of ether oxygens (including phenoxy) is 1. The molecule has 21 heavy (non-hydrogen) atoms. The molecular formula is C13H20N2O5S. The monoisotopic (exact) mass is 316 g/mol. The van der Waals surface area contributed by atoms with Gasteiger partial charge in [-0.25, -0.2) is 9.52 Å². The minimum absolute atomic E-state index is 0.303. The van der Waals surface area contributed by atoms with E-state index in [1.807, 2.05) is 30.3 Å². The van der Waals surface area contributed by atoms with E-state index in [9.17, 15) is 18.3 Å². The van der Waals surface area contributed by atoms with Crippen LogP contribution in [0.4, 0.5) is 4.79 Å². The molecule has 0 aliphatic rings. The van der Waals surface area contributed by atoms with Crippen LogP contribution in [0.15, 0.2) is 30.3 Å². The highest BCUT2D eigenvalue weighted by Crippen LogP contribution is 2.03. The van der Waals surface area contributed by atoms with E-state index in [1.165, 1.54) is 0 Å². The van der Waals surface area contributed by atoms with Crippen LogP contribution in [0.5, 0.6) is 0 Å². The Morgan fingerprint density at radius 3 is 2.43 bits per heavy atom. The number of amides is 1. The van der Waals surface area contributed by atoms with Gasteiger partial charge < -0.3 is 9.84 Å². The molecule has 0 aliphatic carbocycles. The summed E-state index contributed by atoms with van der Waals surface area (Å²) in [7, 11) is -4.09. The van der Waals surface area contributed by atoms with Crippen LogP contribution in [0.3, 0.4) is 0 Å². The van der Waals surface area contributed by atoms with Crippen molar-refractivity contribution in [1.82, 2.24) is 9.44 Å². The van der Waals surface area contributed by atoms with Crippen LogP contribution >= 0.6 is 0 Å². The molecule has 0 spiro atoms. The lowest BCUT2D eigenvalue weighted by atomic mass is 10.1. The first-order chi connectivity index (χ1) is 9.82. The Balaban J connectivity index is 2.61. The van der Waals surface area contributed by atoms with Crippen molar-refractivity contribution in [3.8, 4) is 0 Å². The van der Waals surface area contributed by atoms with Gasteiger partial charge in [0.1, 0.15) is 0 Å². The molecule has 0 aromatic heterocycles. The lowest BCUT2D eigenvalue weighted by molar-refractivity contribution is 0.121. The normalized spacial score (nSPS) is 13.0. The van der Waals surface area contributed by atoms with Crippen molar-refractivity contribution in [2.24, 2.45) is 0 Å². The van der Waals surface area contributed by atoms with Gasteiger partial charge >= 0.3 is 16.3 Å². The number of carbonyl (C=O) groups excluding carboxylic acids is 1. The molecule has 0 heterocycles. The molecule has 7 nitrogen and oxygen atoms in total. The second-order valence-corrected chi connectivity index (χ2v) is 6.19. The summed E-state index contributed by atoms with van der Waals surface area (Å²) < 4.78 is 32.1. The van der Waals surface area contributed by atoms with Gasteiger partial charge in [0.15, 0.2) is 0 Å². The van der Waals surface area contributed by atoms with Gasteiger partial charge in [-0.05, 0) is 25.8 Å². The Labute approximate surface area is 124 Å². The van der Waals surface area contributed by atoms with Gasteiger partial charge in [-0.2, -0.15) is 13.1 Å². The van der Waals surface area contributed by atoms with E-state index in [-0.39, 0.29) is 0 Å². The molecular weight excluding hydrogens is 296 g/mol. The maximum atomic E-state index is 11.7. The van der Waals surface area contributed by atoms with Crippen LogP contribution in [-0.2, 0) is 21.4 Å². The van der Waals surface area contributed by atoms with Crippen LogP contribution in [0.25, 0.3) is 0 Å². The summed E-state index contributed by atoms with van der Waals surface area (Å²) in [6, 6.07) is 8.37. The molecule has 3 N–H and O–H groups in total. The fourth-order valence-corrected chi connectivity index (χ4v) is 2.56. The van der Waals surface area contributed by atoms with Crippen LogP contribution in [-0.4, -0.2) is 38.4 Å². The largest absolute Gasteiger partial charge is 0.446 e. The standard InChI is InChI=1S/C13H20N2O5S/c1-10(2)20-13(17)15-21(18,19)14-12(9-16)8-11-6-4-3-5-7-11/h3-7,10,12,14,16H,8-9H2,1-2H3,(H,15,17). The topological polar surface area (TPSA) is 105 Å². The number of aliphatic hydroxyl groups is 1. The van der Waals surface area contributed by atoms with Gasteiger partial charge in [0.25, 0.3) is 0 Å². The Kier molecular flexibility index (Phi) is 6.60. The zero-order valence-corrected chi connectivity index (χ0v) is 12.8. The first-order valence-corrected chi connectivity index (χ1v) is 7.96. The Morgan fingerprint density at radius 2 is 1.90 bits per heavy atom. The number of aliphatic hydroxyl groups excluding tert-OH is 1. The minimum atomic E-state index is -4.09. The summed E-state index contributed by atoms with van der Waals surface area (Å²) in [5, 5.41) is 9.26. The number of benzene rings is 1. The lowest BCUT2D eigenvalue weighted by Crippen LogP contribution is -2.47. The fourth-order valence-electron chi connectivity index (χ4n) is 1.64. The summed E-state index contributed by atoms with van der Waals surface area (Å²) in [6.07, 6.45) is -1.19. The van der Waals surface area contributed by atoms with E-state index in [4.69, 9.17) is 0 Å². The van der Waals surface area contributed by atoms with E-state index >= 15 is 0 Å². The van der Waals surface area contributed by atoms with Gasteiger partial charge in [0, 0.05) is 0 Å². The Bertz CT molecular complexity index is 545. The quantitative estimate of drug-likeness (QED) is 0.682. The number of nitrogens with one attached hydrogen (secondary N) is 2. The van der Waals surface area contributed by atoms with Gasteiger partial charge in [-0.3, -0.25) is 0 Å². The molecule has 0 saturated carbocycles. The van der Waals surface area contributed by atoms with E-state index in [0.29, 0.717) is 6.42 Å². The molecule has 0 radical (unpaired) electrons. The fraction of sp³-hybridized carbons (Fsp3) is 0.462. The van der Waals surface area contributed by atoms with Crippen molar-refractivity contribution in [2.45, 2.75) is 32.4 Å². The molecule has 1 aromatic carbocycles. The summed E-state index contributed by atoms with van der Waals surface area (Å²) in [6.45, 7) is 2.81. The lowest BCUT2D eigenvalue weighted by Gasteiger charge is -2.17. The smallest absolute Gasteiger partial charge is 0.422 e. The second kappa shape index (κ2) is 7.96. The van der Waals surface area contributed by atoms with E-state index in [2.05, 4.69) is 9.46 Å². The predicted molar refractivity (Wildman–Crippen MR) is 77.8 cm³/mol. The van der Waals surface area contributed by atoms with Crippen molar-refractivity contribution < 1.29 is 23.1 Å². The third kappa shape index (κ3) is 7.07. The van der Waals surface area contributed by atoms with Gasteiger partial charge in [-0.1, -0.05) is 30.3 Å². The minimum Gasteiger partial charge on any atom is -0.446 e. The molecule has 118 valence electrons. The highest BCUT2D eigenvalue weighted by Gasteiger charge is 2.21. The summed E-state index contributed by atoms with van der Waals surface area (Å²) >= 11 is 0. The highest BCUT2D eigenvalue weighted by molar-refractivity contribution is 7.88. The van der Waals surface area contributed by atoms with Gasteiger partial charge in [-0.15, -0.1) is 0 Å². The maximum Gasteiger partial charge on any atom is 0.422 e. The second-order valence-electron chi connectivity index (χ2n) is 4.75. The third-order valence-corrected chi connectivity index (χ3v) is 3.51. The molecule has 1 rings (SSSR count). The Morgan fingerprint density at radius 1 is 1.29 bits per heavy atom. The van der Waals surface area contributed by atoms with Crippen LogP contribution < -0.4 is 9.44 Å². The number of hydrogen-bond donors (Lipinski definition) is 3. The molecule has 0 aliphatic heterocycles. The molecule has 1 amide bonds. The third-order valence-electron chi connectivity index (χ3n) is 2.43. The average Bonchev–Trinajstić information content (AvgIpc) is 2.37. The predicted octanol–water partition coefficient (Wildman–Crippen LogP) is 0.559. The average molecular weight is 316 g/mol. The number of rotatable bonds is 7. The van der Waals surface area contributed by atoms with Crippen LogP contribution in [0.2, 0.25) is 0 Å². The molecule has 8 heteroatoms. The van der Waals surface area contributed by atoms with Crippen LogP contribution in [0, 0.1) is 0 Å². The number of carbonyl (C=O) groups is 1. The van der Waals surface area contributed by atoms with E-state index < -0.39 is 35.1 Å². The molecule has 0 fully saturated rings. The zero-order valence-electron chi connectivity index (χ0n) is 11.9. The molecule has 1 unspecified atom stereocenters. The summed E-state index contributed by atoms with van der Waals surface area (Å²) in [5.74, 6) is 0. The molecule has 0 saturated heterocycles. The number of hydrogen-bond acceptors (Lipinski definition) is 5. The zero-order chi connectivity index (χ0) is 15.9. The first-order valence-electron chi connectivity index (χ1n) is 6.48. The van der Waals surface area contributed by atoms with E-state index in [0.717, 1.165) is 5.56 Å². The summed E-state index contributed by atoms with van der Waals surface area (Å²) in [4.78, 5) is 11.3. The van der Waals surface area contributed by atoms with Crippen LogP contribution in [0.1, 0.15) is 19.4 Å². The first kappa shape index (κ1) is 17.4. The van der Waals surface area contributed by atoms with Crippen molar-refractivity contribution in [2.75, 3.05) is 6.61 Å². The highest BCUT2D eigenvalue weighted by atomic mass is 32.2. The van der Waals surface area contributed by atoms with Crippen molar-refractivity contribution >= 4 is 16.3 Å². The SMILES string of the molecule is CC(C)OC(=O)NS(=O)(=O)NC(CO)Cc1ccccc1. The van der Waals surface area contributed by atoms with E-state index in [1.54, 1.807) is 18.6 Å². The van der Waals surface area contributed by atoms with Crippen molar-refractivity contribution in [1.29, 1.82) is 0 Å². The maximum absolute atomic E-state index is 11.7. The van der Waals surface area contributed by atoms with Gasteiger partial charge in [0.2, 0.25) is 0 Å². The van der Waals surface area contributed by atoms with Crippen molar-refractivity contribution in [3.63, 3.8) is 0 Å². The Hall–Kier alpha value is -1.64. The van der Waals surface area contributed by atoms with Crippen molar-refractivity contribution in [3.05, 3.63) is 35.9 Å². The summed E-state index contributed by atoms with van der Waals surface area (Å²) in [5.41, 5.74) is 0.865. The molecule has 1 atom stereocenters. The molecule has 1 aromatic rings. The van der Waals surface area contributed by atoms with Gasteiger partial charge in [0.05, 0.1) is 18.8 Å². The molecule has 0 bridgehead atoms.